The van der Waals surface area contributed by atoms with Crippen LogP contribution in [0, 0.1) is 5.82 Å². The molecule has 92 valence electrons. The number of hydrogen-bond donors (Lipinski definition) is 2. The van der Waals surface area contributed by atoms with Crippen LogP contribution in [-0.4, -0.2) is 32.2 Å². The van der Waals surface area contributed by atoms with Gasteiger partial charge in [-0.25, -0.2) is 4.39 Å². The van der Waals surface area contributed by atoms with Crippen LogP contribution in [0.2, 0.25) is 0 Å². The summed E-state index contributed by atoms with van der Waals surface area (Å²) in [5.41, 5.74) is 0.728. The molecule has 1 amide bonds. The highest BCUT2D eigenvalue weighted by atomic mass is 19.1. The summed E-state index contributed by atoms with van der Waals surface area (Å²) in [7, 11) is 1.48. The van der Waals surface area contributed by atoms with Crippen molar-refractivity contribution in [1.29, 1.82) is 0 Å². The van der Waals surface area contributed by atoms with Crippen LogP contribution in [0.5, 0.6) is 0 Å². The Balaban J connectivity index is 2.10. The van der Waals surface area contributed by atoms with E-state index in [1.807, 2.05) is 0 Å². The molecule has 0 aromatic heterocycles. The second kappa shape index (κ2) is 5.14. The number of carbonyl (C=O) groups is 1. The minimum absolute atomic E-state index is 0.0562. The van der Waals surface area contributed by atoms with Gasteiger partial charge >= 0.3 is 0 Å². The van der Waals surface area contributed by atoms with Gasteiger partial charge in [-0.3, -0.25) is 4.79 Å². The molecule has 0 aliphatic carbocycles. The van der Waals surface area contributed by atoms with Crippen LogP contribution in [0.15, 0.2) is 18.2 Å². The lowest BCUT2D eigenvalue weighted by molar-refractivity contribution is 0.0959. The van der Waals surface area contributed by atoms with E-state index in [4.69, 9.17) is 4.74 Å². The molecule has 1 heterocycles. The molecule has 5 heteroatoms. The van der Waals surface area contributed by atoms with E-state index in [1.165, 1.54) is 19.2 Å². The van der Waals surface area contributed by atoms with Gasteiger partial charge in [0.15, 0.2) is 0 Å². The van der Waals surface area contributed by atoms with Crippen LogP contribution in [0.3, 0.4) is 0 Å². The Morgan fingerprint density at radius 2 is 2.35 bits per heavy atom. The number of hydrogen-bond acceptors (Lipinski definition) is 3. The summed E-state index contributed by atoms with van der Waals surface area (Å²) < 4.78 is 18.8. The number of halogens is 1. The van der Waals surface area contributed by atoms with E-state index in [1.54, 1.807) is 6.07 Å². The van der Waals surface area contributed by atoms with Crippen LogP contribution in [0.25, 0.3) is 0 Å². The van der Waals surface area contributed by atoms with E-state index in [0.717, 1.165) is 13.0 Å². The fourth-order valence-electron chi connectivity index (χ4n) is 1.81. The number of rotatable bonds is 3. The maximum absolute atomic E-state index is 13.6. The van der Waals surface area contributed by atoms with Crippen LogP contribution in [-0.2, 0) is 4.74 Å². The molecule has 4 nitrogen and oxygen atoms in total. The molecule has 1 fully saturated rings. The topological polar surface area (TPSA) is 50.4 Å². The summed E-state index contributed by atoms with van der Waals surface area (Å²) in [5.74, 6) is -0.938. The van der Waals surface area contributed by atoms with Crippen molar-refractivity contribution in [1.82, 2.24) is 5.32 Å². The van der Waals surface area contributed by atoms with Gasteiger partial charge in [0.25, 0.3) is 5.91 Å². The normalized spacial score (nSPS) is 19.1. The van der Waals surface area contributed by atoms with Gasteiger partial charge in [0.1, 0.15) is 5.82 Å². The van der Waals surface area contributed by atoms with Gasteiger partial charge in [-0.15, -0.1) is 0 Å². The van der Waals surface area contributed by atoms with Crippen molar-refractivity contribution < 1.29 is 13.9 Å². The fourth-order valence-corrected chi connectivity index (χ4v) is 1.81. The zero-order valence-electron chi connectivity index (χ0n) is 9.63. The van der Waals surface area contributed by atoms with Crippen molar-refractivity contribution in [3.63, 3.8) is 0 Å². The lowest BCUT2D eigenvalue weighted by Gasteiger charge is -2.12. The first-order valence-corrected chi connectivity index (χ1v) is 5.56. The average Bonchev–Trinajstić information content (AvgIpc) is 2.81. The Hall–Kier alpha value is -1.62. The first kappa shape index (κ1) is 11.9. The second-order valence-electron chi connectivity index (χ2n) is 3.98. The summed E-state index contributed by atoms with van der Waals surface area (Å²) in [5, 5.41) is 5.56. The Morgan fingerprint density at radius 1 is 1.53 bits per heavy atom. The van der Waals surface area contributed by atoms with Crippen molar-refractivity contribution in [3.05, 3.63) is 29.6 Å². The highest BCUT2D eigenvalue weighted by molar-refractivity contribution is 5.94. The van der Waals surface area contributed by atoms with Gasteiger partial charge in [0, 0.05) is 19.3 Å². The Kier molecular flexibility index (Phi) is 3.58. The fraction of sp³-hybridized carbons (Fsp3) is 0.417. The summed E-state index contributed by atoms with van der Waals surface area (Å²) in [6, 6.07) is 4.74. The second-order valence-corrected chi connectivity index (χ2v) is 3.98. The predicted octanol–water partition coefficient (Wildman–Crippen LogP) is 1.39. The Bertz CT molecular complexity index is 417. The number of benzene rings is 1. The highest BCUT2D eigenvalue weighted by Gasteiger charge is 2.16. The van der Waals surface area contributed by atoms with Crippen LogP contribution < -0.4 is 10.6 Å². The molecule has 1 aliphatic heterocycles. The van der Waals surface area contributed by atoms with Crippen molar-refractivity contribution in [2.45, 2.75) is 12.5 Å². The monoisotopic (exact) mass is 238 g/mol. The third kappa shape index (κ3) is 2.74. The molecule has 1 atom stereocenters. The maximum Gasteiger partial charge on any atom is 0.253 e. The number of ether oxygens (including phenoxy) is 1. The van der Waals surface area contributed by atoms with Crippen molar-refractivity contribution >= 4 is 11.6 Å². The lowest BCUT2D eigenvalue weighted by atomic mass is 10.1. The van der Waals surface area contributed by atoms with Crippen LogP contribution in [0.1, 0.15) is 16.8 Å². The van der Waals surface area contributed by atoms with Gasteiger partial charge in [0.05, 0.1) is 18.2 Å². The van der Waals surface area contributed by atoms with E-state index in [9.17, 15) is 9.18 Å². The number of anilines is 1. The molecule has 0 radical (unpaired) electrons. The zero-order chi connectivity index (χ0) is 12.3. The number of carbonyl (C=O) groups excluding carboxylic acids is 1. The van der Waals surface area contributed by atoms with E-state index in [2.05, 4.69) is 10.6 Å². The first-order valence-electron chi connectivity index (χ1n) is 5.56. The summed E-state index contributed by atoms with van der Waals surface area (Å²) in [6.07, 6.45) is 0.915. The molecule has 2 rings (SSSR count). The molecule has 0 bridgehead atoms. The van der Waals surface area contributed by atoms with E-state index in [-0.39, 0.29) is 11.6 Å². The third-order valence-electron chi connectivity index (χ3n) is 2.74. The molecule has 1 saturated heterocycles. The summed E-state index contributed by atoms with van der Waals surface area (Å²) in [6.45, 7) is 1.37. The quantitative estimate of drug-likeness (QED) is 0.836. The van der Waals surface area contributed by atoms with E-state index >= 15 is 0 Å². The van der Waals surface area contributed by atoms with Crippen LogP contribution in [0.4, 0.5) is 10.1 Å². The molecular weight excluding hydrogens is 223 g/mol. The van der Waals surface area contributed by atoms with Crippen molar-refractivity contribution in [2.24, 2.45) is 0 Å². The maximum atomic E-state index is 13.6. The van der Waals surface area contributed by atoms with Gasteiger partial charge in [-0.2, -0.15) is 0 Å². The van der Waals surface area contributed by atoms with E-state index in [0.29, 0.717) is 12.3 Å². The minimum atomic E-state index is -0.520. The largest absolute Gasteiger partial charge is 0.380 e. The SMILES string of the molecule is CNC(=O)c1ccc(NC2CCOC2)cc1F. The van der Waals surface area contributed by atoms with Gasteiger partial charge in [0.2, 0.25) is 0 Å². The average molecular weight is 238 g/mol. The minimum Gasteiger partial charge on any atom is -0.380 e. The first-order chi connectivity index (χ1) is 8.20. The highest BCUT2D eigenvalue weighted by Crippen LogP contribution is 2.17. The molecule has 1 aromatic carbocycles. The van der Waals surface area contributed by atoms with Gasteiger partial charge < -0.3 is 15.4 Å². The Labute approximate surface area is 99.2 Å². The lowest BCUT2D eigenvalue weighted by Crippen LogP contribution is -2.21. The zero-order valence-corrected chi connectivity index (χ0v) is 9.63. The summed E-state index contributed by atoms with van der Waals surface area (Å²) in [4.78, 5) is 11.3. The summed E-state index contributed by atoms with van der Waals surface area (Å²) >= 11 is 0. The van der Waals surface area contributed by atoms with Crippen LogP contribution >= 0.6 is 0 Å². The molecule has 1 unspecified atom stereocenters. The molecular formula is C12H15FN2O2. The molecule has 17 heavy (non-hydrogen) atoms. The van der Waals surface area contributed by atoms with Crippen molar-refractivity contribution in [2.75, 3.05) is 25.6 Å². The standard InChI is InChI=1S/C12H15FN2O2/c1-14-12(16)10-3-2-8(6-11(10)13)15-9-4-5-17-7-9/h2-3,6,9,15H,4-5,7H2,1H3,(H,14,16). The predicted molar refractivity (Wildman–Crippen MR) is 62.6 cm³/mol. The Morgan fingerprint density at radius 3 is 2.94 bits per heavy atom. The smallest absolute Gasteiger partial charge is 0.253 e. The molecule has 1 aliphatic rings. The van der Waals surface area contributed by atoms with Gasteiger partial charge in [-0.1, -0.05) is 0 Å². The number of amides is 1. The third-order valence-corrected chi connectivity index (χ3v) is 2.74. The molecule has 1 aromatic rings. The molecule has 0 spiro atoms. The molecule has 0 saturated carbocycles. The number of nitrogens with one attached hydrogen (secondary N) is 2. The van der Waals surface area contributed by atoms with E-state index < -0.39 is 11.7 Å². The van der Waals surface area contributed by atoms with Gasteiger partial charge in [-0.05, 0) is 24.6 Å². The van der Waals surface area contributed by atoms with Crippen molar-refractivity contribution in [3.8, 4) is 0 Å². The molecule has 2 N–H and O–H groups in total.